The molecule has 3 aromatic rings. The lowest BCUT2D eigenvalue weighted by molar-refractivity contribution is 0.411. The normalized spacial score (nSPS) is 10.0. The maximum absolute atomic E-state index is 5.20. The SMILES string of the molecule is CC.COc1nc(C)c(-c2ccnc(Nc3ccc(C)c(C)c3)n2)s1. The summed E-state index contributed by atoms with van der Waals surface area (Å²) >= 11 is 1.48. The summed E-state index contributed by atoms with van der Waals surface area (Å²) in [5, 5.41) is 3.89. The molecule has 1 aromatic carbocycles. The summed E-state index contributed by atoms with van der Waals surface area (Å²) in [6, 6.07) is 8.08. The van der Waals surface area contributed by atoms with Gasteiger partial charge in [-0.05, 0) is 50.1 Å². The zero-order valence-corrected chi connectivity index (χ0v) is 16.4. The predicted molar refractivity (Wildman–Crippen MR) is 105 cm³/mol. The van der Waals surface area contributed by atoms with E-state index in [1.54, 1.807) is 13.3 Å². The molecule has 0 aliphatic heterocycles. The Labute approximate surface area is 153 Å². The van der Waals surface area contributed by atoms with Crippen molar-refractivity contribution < 1.29 is 4.74 Å². The van der Waals surface area contributed by atoms with Crippen molar-refractivity contribution >= 4 is 23.0 Å². The Bertz CT molecular complexity index is 845. The summed E-state index contributed by atoms with van der Waals surface area (Å²) in [5.74, 6) is 0.567. The van der Waals surface area contributed by atoms with Crippen molar-refractivity contribution in [3.05, 3.63) is 47.3 Å². The molecule has 3 rings (SSSR count). The molecule has 5 nitrogen and oxygen atoms in total. The number of hydrogen-bond acceptors (Lipinski definition) is 6. The first kappa shape index (κ1) is 18.9. The van der Waals surface area contributed by atoms with Crippen LogP contribution in [0.5, 0.6) is 5.19 Å². The molecule has 0 saturated carbocycles. The summed E-state index contributed by atoms with van der Waals surface area (Å²) in [6.45, 7) is 10.1. The quantitative estimate of drug-likeness (QED) is 0.687. The second kappa shape index (κ2) is 8.58. The monoisotopic (exact) mass is 356 g/mol. The van der Waals surface area contributed by atoms with Crippen molar-refractivity contribution in [1.29, 1.82) is 0 Å². The number of hydrogen-bond donors (Lipinski definition) is 1. The molecule has 0 aliphatic carbocycles. The first-order valence-electron chi connectivity index (χ1n) is 8.26. The van der Waals surface area contributed by atoms with Gasteiger partial charge >= 0.3 is 0 Å². The van der Waals surface area contributed by atoms with Crippen molar-refractivity contribution in [3.8, 4) is 15.8 Å². The molecular weight excluding hydrogens is 332 g/mol. The number of nitrogens with one attached hydrogen (secondary N) is 1. The van der Waals surface area contributed by atoms with Crippen LogP contribution in [0.2, 0.25) is 0 Å². The van der Waals surface area contributed by atoms with Crippen molar-refractivity contribution in [3.63, 3.8) is 0 Å². The van der Waals surface area contributed by atoms with Crippen LogP contribution in [0.3, 0.4) is 0 Å². The average Bonchev–Trinajstić information content (AvgIpc) is 3.01. The van der Waals surface area contributed by atoms with E-state index in [0.29, 0.717) is 11.1 Å². The van der Waals surface area contributed by atoms with Gasteiger partial charge < -0.3 is 10.1 Å². The number of nitrogens with zero attached hydrogens (tertiary/aromatic N) is 3. The van der Waals surface area contributed by atoms with Gasteiger partial charge in [-0.2, -0.15) is 0 Å². The molecule has 2 heterocycles. The van der Waals surface area contributed by atoms with Crippen LogP contribution in [-0.2, 0) is 0 Å². The van der Waals surface area contributed by atoms with E-state index in [9.17, 15) is 0 Å². The molecular formula is C19H24N4OS. The number of ether oxygens (including phenoxy) is 1. The molecule has 0 radical (unpaired) electrons. The molecule has 0 amide bonds. The van der Waals surface area contributed by atoms with Crippen molar-refractivity contribution in [1.82, 2.24) is 15.0 Å². The molecule has 0 atom stereocenters. The van der Waals surface area contributed by atoms with Gasteiger partial charge in [-0.15, -0.1) is 0 Å². The minimum atomic E-state index is 0.567. The maximum atomic E-state index is 5.20. The smallest absolute Gasteiger partial charge is 0.273 e. The minimum absolute atomic E-state index is 0.567. The van der Waals surface area contributed by atoms with Crippen LogP contribution >= 0.6 is 11.3 Å². The van der Waals surface area contributed by atoms with E-state index in [0.717, 1.165) is 22.0 Å². The molecule has 0 fully saturated rings. The van der Waals surface area contributed by atoms with Crippen LogP contribution in [0.1, 0.15) is 30.7 Å². The molecule has 0 saturated heterocycles. The molecule has 25 heavy (non-hydrogen) atoms. The van der Waals surface area contributed by atoms with Crippen LogP contribution < -0.4 is 10.1 Å². The highest BCUT2D eigenvalue weighted by atomic mass is 32.1. The Hall–Kier alpha value is -2.47. The van der Waals surface area contributed by atoms with Crippen LogP contribution in [0.15, 0.2) is 30.5 Å². The fourth-order valence-electron chi connectivity index (χ4n) is 2.19. The Morgan fingerprint density at radius 1 is 1.00 bits per heavy atom. The fraction of sp³-hybridized carbons (Fsp3) is 0.316. The highest BCUT2D eigenvalue weighted by Gasteiger charge is 2.12. The Morgan fingerprint density at radius 3 is 2.40 bits per heavy atom. The third-order valence-electron chi connectivity index (χ3n) is 3.60. The zero-order valence-electron chi connectivity index (χ0n) is 15.5. The summed E-state index contributed by atoms with van der Waals surface area (Å²) in [6.07, 6.45) is 1.75. The lowest BCUT2D eigenvalue weighted by Gasteiger charge is -2.08. The second-order valence-electron chi connectivity index (χ2n) is 5.29. The summed E-state index contributed by atoms with van der Waals surface area (Å²) in [4.78, 5) is 14.2. The number of benzene rings is 1. The van der Waals surface area contributed by atoms with Crippen molar-refractivity contribution in [2.45, 2.75) is 34.6 Å². The summed E-state index contributed by atoms with van der Waals surface area (Å²) in [7, 11) is 1.62. The van der Waals surface area contributed by atoms with E-state index >= 15 is 0 Å². The van der Waals surface area contributed by atoms with Gasteiger partial charge in [0.05, 0.1) is 23.4 Å². The van der Waals surface area contributed by atoms with Crippen molar-refractivity contribution in [2.24, 2.45) is 0 Å². The van der Waals surface area contributed by atoms with Gasteiger partial charge in [-0.3, -0.25) is 0 Å². The number of aromatic nitrogens is 3. The molecule has 6 heteroatoms. The van der Waals surface area contributed by atoms with Crippen LogP contribution in [0.4, 0.5) is 11.6 Å². The van der Waals surface area contributed by atoms with Gasteiger partial charge in [0.25, 0.3) is 5.19 Å². The van der Waals surface area contributed by atoms with E-state index in [-0.39, 0.29) is 0 Å². The molecule has 0 aliphatic rings. The highest BCUT2D eigenvalue weighted by Crippen LogP contribution is 2.33. The van der Waals surface area contributed by atoms with E-state index in [1.807, 2.05) is 32.9 Å². The Balaban J connectivity index is 0.00000109. The standard InChI is InChI=1S/C17H18N4OS.C2H6/c1-10-5-6-13(9-11(10)2)20-16-18-8-7-14(21-16)15-12(3)19-17(22-4)23-15;1-2/h5-9H,1-4H3,(H,18,20,21);1-2H3. The molecule has 2 aromatic heterocycles. The van der Waals surface area contributed by atoms with Gasteiger partial charge in [-0.25, -0.2) is 15.0 Å². The third-order valence-corrected chi connectivity index (χ3v) is 4.74. The highest BCUT2D eigenvalue weighted by molar-refractivity contribution is 7.17. The van der Waals surface area contributed by atoms with E-state index in [2.05, 4.69) is 46.2 Å². The average molecular weight is 356 g/mol. The van der Waals surface area contributed by atoms with E-state index < -0.39 is 0 Å². The fourth-order valence-corrected chi connectivity index (χ4v) is 3.04. The summed E-state index contributed by atoms with van der Waals surface area (Å²) in [5.41, 5.74) is 5.21. The Morgan fingerprint density at radius 2 is 1.76 bits per heavy atom. The maximum Gasteiger partial charge on any atom is 0.273 e. The first-order valence-corrected chi connectivity index (χ1v) is 9.07. The molecule has 0 spiro atoms. The molecule has 132 valence electrons. The number of methoxy groups -OCH3 is 1. The topological polar surface area (TPSA) is 59.9 Å². The van der Waals surface area contributed by atoms with Gasteiger partial charge in [0.2, 0.25) is 5.95 Å². The predicted octanol–water partition coefficient (Wildman–Crippen LogP) is 5.30. The second-order valence-corrected chi connectivity index (χ2v) is 6.25. The van der Waals surface area contributed by atoms with Crippen LogP contribution in [0, 0.1) is 20.8 Å². The number of rotatable bonds is 4. The Kier molecular flexibility index (Phi) is 6.47. The first-order chi connectivity index (χ1) is 12.1. The largest absolute Gasteiger partial charge is 0.473 e. The molecule has 0 bridgehead atoms. The zero-order chi connectivity index (χ0) is 18.4. The van der Waals surface area contributed by atoms with E-state index in [4.69, 9.17) is 4.74 Å². The number of thiazole rings is 1. The molecule has 0 unspecified atom stereocenters. The van der Waals surface area contributed by atoms with Crippen LogP contribution in [-0.4, -0.2) is 22.1 Å². The lowest BCUT2D eigenvalue weighted by Crippen LogP contribution is -1.98. The number of aryl methyl sites for hydroxylation is 3. The van der Waals surface area contributed by atoms with Gasteiger partial charge in [0, 0.05) is 11.9 Å². The van der Waals surface area contributed by atoms with Gasteiger partial charge in [0.15, 0.2) is 0 Å². The van der Waals surface area contributed by atoms with Crippen LogP contribution in [0.25, 0.3) is 10.6 Å². The van der Waals surface area contributed by atoms with Gasteiger partial charge in [0.1, 0.15) is 0 Å². The van der Waals surface area contributed by atoms with Crippen molar-refractivity contribution in [2.75, 3.05) is 12.4 Å². The minimum Gasteiger partial charge on any atom is -0.473 e. The third kappa shape index (κ3) is 4.54. The summed E-state index contributed by atoms with van der Waals surface area (Å²) < 4.78 is 5.20. The number of anilines is 2. The van der Waals surface area contributed by atoms with Gasteiger partial charge in [-0.1, -0.05) is 31.3 Å². The molecule has 1 N–H and O–H groups in total. The lowest BCUT2D eigenvalue weighted by atomic mass is 10.1. The van der Waals surface area contributed by atoms with E-state index in [1.165, 1.54) is 22.5 Å².